The van der Waals surface area contributed by atoms with Crippen LogP contribution < -0.4 is 15.4 Å². The SMILES string of the molecule is COc1ccc(CNCc2nc(-c3cnc4ccc(Nc5ccc6[nH]ncc6c5)nn34)no2)cc1Cl. The predicted molar refractivity (Wildman–Crippen MR) is 134 cm³/mol. The van der Waals surface area contributed by atoms with Crippen molar-refractivity contribution in [1.29, 1.82) is 0 Å². The Morgan fingerprint density at radius 1 is 1.08 bits per heavy atom. The van der Waals surface area contributed by atoms with Gasteiger partial charge >= 0.3 is 0 Å². The standard InChI is InChI=1S/C24H20ClN9O2/c1-35-20-5-2-14(8-17(20)25)10-26-13-23-30-24(33-36-23)19-12-27-22-7-6-21(32-34(19)22)29-16-3-4-18-15(9-16)11-28-31-18/h2-9,11-12,26H,10,13H2,1H3,(H,28,31)(H,29,32). The van der Waals surface area contributed by atoms with Crippen molar-refractivity contribution in [2.45, 2.75) is 13.1 Å². The van der Waals surface area contributed by atoms with Crippen LogP contribution in [0.25, 0.3) is 28.1 Å². The molecule has 0 aliphatic rings. The zero-order valence-electron chi connectivity index (χ0n) is 19.1. The average Bonchev–Trinajstić information content (AvgIpc) is 3.63. The molecule has 4 aromatic heterocycles. The van der Waals surface area contributed by atoms with E-state index in [-0.39, 0.29) is 0 Å². The average molecular weight is 502 g/mol. The van der Waals surface area contributed by atoms with E-state index in [9.17, 15) is 0 Å². The van der Waals surface area contributed by atoms with E-state index in [0.717, 1.165) is 22.2 Å². The van der Waals surface area contributed by atoms with Crippen LogP contribution in [0.15, 0.2) is 65.4 Å². The summed E-state index contributed by atoms with van der Waals surface area (Å²) in [6.45, 7) is 0.975. The molecule has 4 heterocycles. The Bertz CT molecular complexity index is 1670. The van der Waals surface area contributed by atoms with Crippen molar-refractivity contribution >= 4 is 39.7 Å². The summed E-state index contributed by atoms with van der Waals surface area (Å²) in [5.74, 6) is 2.13. The molecule has 0 aliphatic heterocycles. The third-order valence-corrected chi connectivity index (χ3v) is 5.89. The summed E-state index contributed by atoms with van der Waals surface area (Å²) in [6.07, 6.45) is 3.45. The van der Waals surface area contributed by atoms with E-state index >= 15 is 0 Å². The highest BCUT2D eigenvalue weighted by Crippen LogP contribution is 2.25. The smallest absolute Gasteiger partial charge is 0.240 e. The van der Waals surface area contributed by atoms with E-state index in [2.05, 4.69) is 41.1 Å². The van der Waals surface area contributed by atoms with Crippen molar-refractivity contribution in [2.24, 2.45) is 0 Å². The molecule has 36 heavy (non-hydrogen) atoms. The number of aromatic amines is 1. The summed E-state index contributed by atoms with van der Waals surface area (Å²) in [5, 5.41) is 23.9. The summed E-state index contributed by atoms with van der Waals surface area (Å²) in [7, 11) is 1.59. The van der Waals surface area contributed by atoms with Crippen molar-refractivity contribution in [3.05, 3.63) is 77.4 Å². The fourth-order valence-electron chi connectivity index (χ4n) is 3.83. The van der Waals surface area contributed by atoms with Crippen LogP contribution in [0.1, 0.15) is 11.5 Å². The van der Waals surface area contributed by atoms with Gasteiger partial charge in [0, 0.05) is 17.6 Å². The van der Waals surface area contributed by atoms with E-state index in [0.29, 0.717) is 52.7 Å². The predicted octanol–water partition coefficient (Wildman–Crippen LogP) is 4.35. The Morgan fingerprint density at radius 2 is 2.03 bits per heavy atom. The number of fused-ring (bicyclic) bond motifs is 2. The molecule has 6 aromatic rings. The molecule has 0 radical (unpaired) electrons. The van der Waals surface area contributed by atoms with E-state index < -0.39 is 0 Å². The molecule has 6 rings (SSSR count). The zero-order chi connectivity index (χ0) is 24.5. The minimum Gasteiger partial charge on any atom is -0.495 e. The van der Waals surface area contributed by atoms with Gasteiger partial charge in [0.05, 0.1) is 36.6 Å². The Hall–Kier alpha value is -4.48. The van der Waals surface area contributed by atoms with Crippen LogP contribution in [0.4, 0.5) is 11.5 Å². The highest BCUT2D eigenvalue weighted by Gasteiger charge is 2.15. The lowest BCUT2D eigenvalue weighted by molar-refractivity contribution is 0.367. The summed E-state index contributed by atoms with van der Waals surface area (Å²) < 4.78 is 12.3. The van der Waals surface area contributed by atoms with Crippen LogP contribution in [-0.2, 0) is 13.1 Å². The van der Waals surface area contributed by atoms with Crippen LogP contribution in [0.5, 0.6) is 5.75 Å². The fraction of sp³-hybridized carbons (Fsp3) is 0.125. The van der Waals surface area contributed by atoms with Crippen LogP contribution >= 0.6 is 11.6 Å². The molecule has 3 N–H and O–H groups in total. The quantitative estimate of drug-likeness (QED) is 0.278. The number of methoxy groups -OCH3 is 1. The Balaban J connectivity index is 1.16. The van der Waals surface area contributed by atoms with Gasteiger partial charge in [0.2, 0.25) is 11.7 Å². The van der Waals surface area contributed by atoms with Crippen molar-refractivity contribution in [3.8, 4) is 17.3 Å². The highest BCUT2D eigenvalue weighted by molar-refractivity contribution is 6.32. The van der Waals surface area contributed by atoms with E-state index in [1.54, 1.807) is 24.0 Å². The van der Waals surface area contributed by atoms with Gasteiger partial charge < -0.3 is 19.9 Å². The molecule has 0 fully saturated rings. The summed E-state index contributed by atoms with van der Waals surface area (Å²) >= 11 is 6.19. The molecular weight excluding hydrogens is 482 g/mol. The molecule has 11 nitrogen and oxygen atoms in total. The molecule has 0 spiro atoms. The second-order valence-electron chi connectivity index (χ2n) is 8.01. The number of imidazole rings is 1. The zero-order valence-corrected chi connectivity index (χ0v) is 19.8. The van der Waals surface area contributed by atoms with Gasteiger partial charge in [-0.25, -0.2) is 9.50 Å². The minimum atomic E-state index is 0.393. The van der Waals surface area contributed by atoms with Crippen molar-refractivity contribution in [2.75, 3.05) is 12.4 Å². The van der Waals surface area contributed by atoms with Crippen LogP contribution in [0, 0.1) is 0 Å². The number of halogens is 1. The van der Waals surface area contributed by atoms with Gasteiger partial charge in [0.25, 0.3) is 0 Å². The van der Waals surface area contributed by atoms with Crippen LogP contribution in [0.2, 0.25) is 5.02 Å². The number of hydrogen-bond acceptors (Lipinski definition) is 9. The normalized spacial score (nSPS) is 11.4. The van der Waals surface area contributed by atoms with E-state index in [1.165, 1.54) is 0 Å². The number of nitrogens with one attached hydrogen (secondary N) is 3. The Labute approximate surface area is 209 Å². The molecule has 0 saturated carbocycles. The van der Waals surface area contributed by atoms with Crippen molar-refractivity contribution in [3.63, 3.8) is 0 Å². The third-order valence-electron chi connectivity index (χ3n) is 5.59. The number of ether oxygens (including phenoxy) is 1. The minimum absolute atomic E-state index is 0.393. The lowest BCUT2D eigenvalue weighted by Crippen LogP contribution is -2.13. The van der Waals surface area contributed by atoms with Gasteiger partial charge in [-0.15, -0.1) is 5.10 Å². The number of rotatable bonds is 8. The maximum absolute atomic E-state index is 6.19. The van der Waals surface area contributed by atoms with Gasteiger partial charge in [-0.2, -0.15) is 10.1 Å². The molecule has 0 atom stereocenters. The highest BCUT2D eigenvalue weighted by atomic mass is 35.5. The second-order valence-corrected chi connectivity index (χ2v) is 8.42. The first-order chi connectivity index (χ1) is 17.7. The first-order valence-electron chi connectivity index (χ1n) is 11.1. The molecule has 0 bridgehead atoms. The molecule has 0 amide bonds. The molecular formula is C24H20ClN9O2. The Morgan fingerprint density at radius 3 is 2.92 bits per heavy atom. The number of H-pyrrole nitrogens is 1. The molecule has 180 valence electrons. The summed E-state index contributed by atoms with van der Waals surface area (Å²) in [4.78, 5) is 8.91. The lowest BCUT2D eigenvalue weighted by atomic mass is 10.2. The van der Waals surface area contributed by atoms with Gasteiger partial charge in [0.15, 0.2) is 11.5 Å². The number of aromatic nitrogens is 7. The first-order valence-corrected chi connectivity index (χ1v) is 11.4. The summed E-state index contributed by atoms with van der Waals surface area (Å²) in [6, 6.07) is 15.3. The largest absolute Gasteiger partial charge is 0.495 e. The number of benzene rings is 2. The van der Waals surface area contributed by atoms with Gasteiger partial charge in [-0.1, -0.05) is 22.8 Å². The van der Waals surface area contributed by atoms with Crippen molar-refractivity contribution < 1.29 is 9.26 Å². The molecule has 0 saturated heterocycles. The van der Waals surface area contributed by atoms with Crippen LogP contribution in [0.3, 0.4) is 0 Å². The molecule has 2 aromatic carbocycles. The Kier molecular flexibility index (Phi) is 5.68. The lowest BCUT2D eigenvalue weighted by Gasteiger charge is -2.06. The number of anilines is 2. The fourth-order valence-corrected chi connectivity index (χ4v) is 4.11. The summed E-state index contributed by atoms with van der Waals surface area (Å²) in [5.41, 5.74) is 4.16. The third kappa shape index (κ3) is 4.32. The van der Waals surface area contributed by atoms with E-state index in [1.807, 2.05) is 48.5 Å². The number of hydrogen-bond donors (Lipinski definition) is 3. The molecule has 12 heteroatoms. The first kappa shape index (κ1) is 22.0. The molecule has 0 aliphatic carbocycles. The van der Waals surface area contributed by atoms with Crippen LogP contribution in [-0.4, -0.2) is 42.0 Å². The second kappa shape index (κ2) is 9.29. The monoisotopic (exact) mass is 501 g/mol. The topological polar surface area (TPSA) is 131 Å². The van der Waals surface area contributed by atoms with Gasteiger partial charge in [0.1, 0.15) is 11.4 Å². The maximum atomic E-state index is 6.19. The molecule has 0 unspecified atom stereocenters. The number of nitrogens with zero attached hydrogens (tertiary/aromatic N) is 6. The van der Waals surface area contributed by atoms with E-state index in [4.69, 9.17) is 20.9 Å². The van der Waals surface area contributed by atoms with Gasteiger partial charge in [-0.05, 0) is 48.0 Å². The van der Waals surface area contributed by atoms with Crippen molar-refractivity contribution in [1.82, 2.24) is 40.3 Å². The van der Waals surface area contributed by atoms with Gasteiger partial charge in [-0.3, -0.25) is 5.10 Å². The maximum Gasteiger partial charge on any atom is 0.240 e.